The van der Waals surface area contributed by atoms with Gasteiger partial charge in [-0.05, 0) is 0 Å². The zero-order valence-corrected chi connectivity index (χ0v) is 6.23. The normalized spacial score (nSPS) is 8.83. The van der Waals surface area contributed by atoms with Crippen LogP contribution in [-0.4, -0.2) is 19.9 Å². The number of aromatic amines is 1. The van der Waals surface area contributed by atoms with Crippen molar-refractivity contribution in [2.75, 3.05) is 5.73 Å². The third-order valence-electron chi connectivity index (χ3n) is 1.25. The third-order valence-corrected chi connectivity index (χ3v) is 1.25. The van der Waals surface area contributed by atoms with Crippen molar-refractivity contribution in [2.24, 2.45) is 0 Å². The van der Waals surface area contributed by atoms with Crippen molar-refractivity contribution in [3.05, 3.63) is 12.7 Å². The van der Waals surface area contributed by atoms with Crippen LogP contribution in [0.3, 0.4) is 0 Å². The maximum Gasteiger partial charge on any atom is 0.182 e. The Morgan fingerprint density at radius 3 is 2.67 bits per heavy atom. The number of imidazole rings is 1. The fourth-order valence-corrected chi connectivity index (χ4v) is 0.784. The summed E-state index contributed by atoms with van der Waals surface area (Å²) in [6.07, 6.45) is 10.9. The molecule has 0 fully saturated rings. The summed E-state index contributed by atoms with van der Waals surface area (Å²) in [5.41, 5.74) is 6.78. The van der Waals surface area contributed by atoms with Gasteiger partial charge in [-0.1, -0.05) is 0 Å². The first-order chi connectivity index (χ1) is 5.88. The number of fused-ring (bicyclic) bond motifs is 1. The topological polar surface area (TPSA) is 80.5 Å². The van der Waals surface area contributed by atoms with Gasteiger partial charge in [0, 0.05) is 0 Å². The van der Waals surface area contributed by atoms with Gasteiger partial charge in [0.15, 0.2) is 11.5 Å². The van der Waals surface area contributed by atoms with Gasteiger partial charge in [0.1, 0.15) is 11.8 Å². The average molecular weight is 161 g/mol. The Labute approximate surface area is 69.1 Å². The molecule has 0 spiro atoms. The van der Waals surface area contributed by atoms with Crippen molar-refractivity contribution in [1.29, 1.82) is 0 Å². The Morgan fingerprint density at radius 2 is 2.00 bits per heavy atom. The Kier molecular flexibility index (Phi) is 2.23. The van der Waals surface area contributed by atoms with E-state index in [1.165, 1.54) is 12.7 Å². The molecule has 2 rings (SSSR count). The quantitative estimate of drug-likeness (QED) is 0.540. The van der Waals surface area contributed by atoms with Gasteiger partial charge < -0.3 is 10.7 Å². The van der Waals surface area contributed by atoms with Gasteiger partial charge in [-0.2, -0.15) is 0 Å². The summed E-state index contributed by atoms with van der Waals surface area (Å²) in [5.74, 6) is 0.433. The number of aromatic nitrogens is 4. The smallest absolute Gasteiger partial charge is 0.182 e. The van der Waals surface area contributed by atoms with Crippen molar-refractivity contribution in [2.45, 2.75) is 0 Å². The molecule has 5 nitrogen and oxygen atoms in total. The number of H-pyrrole nitrogens is 1. The van der Waals surface area contributed by atoms with E-state index >= 15 is 0 Å². The highest BCUT2D eigenvalue weighted by atomic mass is 15.0. The summed E-state index contributed by atoms with van der Waals surface area (Å²) in [6, 6.07) is 0. The van der Waals surface area contributed by atoms with Crippen LogP contribution in [0.15, 0.2) is 12.7 Å². The molecule has 3 N–H and O–H groups in total. The van der Waals surface area contributed by atoms with Crippen LogP contribution >= 0.6 is 0 Å². The van der Waals surface area contributed by atoms with Crippen molar-refractivity contribution in [1.82, 2.24) is 19.9 Å². The van der Waals surface area contributed by atoms with Crippen molar-refractivity contribution in [3.63, 3.8) is 0 Å². The number of nitrogens with one attached hydrogen (secondary N) is 1. The second-order valence-electron chi connectivity index (χ2n) is 1.86. The molecule has 0 saturated heterocycles. The van der Waals surface area contributed by atoms with E-state index in [-0.39, 0.29) is 0 Å². The van der Waals surface area contributed by atoms with Crippen LogP contribution in [0.5, 0.6) is 0 Å². The maximum atomic E-state index is 5.48. The number of hydrogen-bond donors (Lipinski definition) is 2. The number of hydrogen-bond acceptors (Lipinski definition) is 4. The Morgan fingerprint density at radius 1 is 1.25 bits per heavy atom. The predicted octanol–water partition coefficient (Wildman–Crippen LogP) is 0.185. The zero-order valence-electron chi connectivity index (χ0n) is 6.23. The van der Waals surface area contributed by atoms with E-state index in [1.54, 1.807) is 0 Å². The van der Waals surface area contributed by atoms with Gasteiger partial charge >= 0.3 is 0 Å². The van der Waals surface area contributed by atoms with E-state index in [1.807, 2.05) is 0 Å². The Balaban J connectivity index is 0.000000336. The van der Waals surface area contributed by atoms with Gasteiger partial charge in [0.25, 0.3) is 0 Å². The summed E-state index contributed by atoms with van der Waals surface area (Å²) in [4.78, 5) is 14.4. The number of nitrogens with zero attached hydrogens (tertiary/aromatic N) is 3. The average Bonchev–Trinajstić information content (AvgIpc) is 2.57. The SMILES string of the molecule is C#C.Nc1ncnc2nc[nH]c12. The van der Waals surface area contributed by atoms with Gasteiger partial charge in [0.05, 0.1) is 6.33 Å². The van der Waals surface area contributed by atoms with Gasteiger partial charge in [-0.3, -0.25) is 0 Å². The third kappa shape index (κ3) is 1.18. The molecule has 0 bridgehead atoms. The van der Waals surface area contributed by atoms with Crippen molar-refractivity contribution < 1.29 is 0 Å². The van der Waals surface area contributed by atoms with Crippen molar-refractivity contribution in [3.8, 4) is 12.8 Å². The minimum Gasteiger partial charge on any atom is -0.382 e. The fourth-order valence-electron chi connectivity index (χ4n) is 0.784. The van der Waals surface area contributed by atoms with Crippen LogP contribution in [0.4, 0.5) is 5.82 Å². The monoisotopic (exact) mass is 161 g/mol. The molecule has 60 valence electrons. The predicted molar refractivity (Wildman–Crippen MR) is 46.0 cm³/mol. The number of nitrogens with two attached hydrogens (primary N) is 1. The second-order valence-corrected chi connectivity index (χ2v) is 1.86. The summed E-state index contributed by atoms with van der Waals surface area (Å²) in [5, 5.41) is 0. The van der Waals surface area contributed by atoms with Crippen LogP contribution < -0.4 is 5.73 Å². The molecule has 12 heavy (non-hydrogen) atoms. The van der Waals surface area contributed by atoms with Gasteiger partial charge in [-0.15, -0.1) is 12.8 Å². The summed E-state index contributed by atoms with van der Waals surface area (Å²) in [6.45, 7) is 0. The molecule has 0 saturated carbocycles. The van der Waals surface area contributed by atoms with Gasteiger partial charge in [0.2, 0.25) is 0 Å². The minimum absolute atomic E-state index is 0.433. The van der Waals surface area contributed by atoms with E-state index in [0.29, 0.717) is 17.0 Å². The number of terminal acetylenes is 1. The molecular weight excluding hydrogens is 154 g/mol. The molecule has 2 aromatic rings. The maximum absolute atomic E-state index is 5.48. The molecule has 2 heterocycles. The lowest BCUT2D eigenvalue weighted by molar-refractivity contribution is 1.21. The number of rotatable bonds is 0. The Hall–Kier alpha value is -2.09. The molecule has 0 radical (unpaired) electrons. The molecule has 0 aliphatic rings. The molecule has 0 aromatic carbocycles. The molecule has 2 aromatic heterocycles. The van der Waals surface area contributed by atoms with Crippen molar-refractivity contribution >= 4 is 17.0 Å². The molecule has 0 atom stereocenters. The van der Waals surface area contributed by atoms with Crippen LogP contribution in [0.1, 0.15) is 0 Å². The van der Waals surface area contributed by atoms with E-state index in [2.05, 4.69) is 32.8 Å². The van der Waals surface area contributed by atoms with E-state index in [4.69, 9.17) is 5.73 Å². The number of anilines is 1. The van der Waals surface area contributed by atoms with E-state index in [9.17, 15) is 0 Å². The van der Waals surface area contributed by atoms with Crippen LogP contribution in [0, 0.1) is 12.8 Å². The first-order valence-electron chi connectivity index (χ1n) is 3.11. The highest BCUT2D eigenvalue weighted by Gasteiger charge is 1.99. The summed E-state index contributed by atoms with van der Waals surface area (Å²) >= 11 is 0. The first kappa shape index (κ1) is 8.01. The Bertz CT molecular complexity index is 389. The molecular formula is C7H7N5. The first-order valence-corrected chi connectivity index (χ1v) is 3.11. The lowest BCUT2D eigenvalue weighted by atomic mass is 10.5. The standard InChI is InChI=1S/C5H5N5.C2H2/c6-4-3-5(9-1-7-3)10-2-8-4;1-2/h1-2H,(H3,6,7,8,9,10);1-2H. The van der Waals surface area contributed by atoms with Crippen LogP contribution in [0.2, 0.25) is 0 Å². The van der Waals surface area contributed by atoms with E-state index < -0.39 is 0 Å². The zero-order chi connectivity index (χ0) is 8.97. The molecule has 0 unspecified atom stereocenters. The number of nitrogen functional groups attached to an aromatic ring is 1. The summed E-state index contributed by atoms with van der Waals surface area (Å²) < 4.78 is 0. The van der Waals surface area contributed by atoms with E-state index in [0.717, 1.165) is 0 Å². The lowest BCUT2D eigenvalue weighted by Gasteiger charge is -1.89. The van der Waals surface area contributed by atoms with Crippen LogP contribution in [-0.2, 0) is 0 Å². The van der Waals surface area contributed by atoms with Crippen LogP contribution in [0.25, 0.3) is 11.2 Å². The summed E-state index contributed by atoms with van der Waals surface area (Å²) in [7, 11) is 0. The molecule has 0 aliphatic carbocycles. The van der Waals surface area contributed by atoms with Gasteiger partial charge in [-0.25, -0.2) is 15.0 Å². The molecule has 0 aliphatic heterocycles. The minimum atomic E-state index is 0.433. The lowest BCUT2D eigenvalue weighted by Crippen LogP contribution is -1.91. The highest BCUT2D eigenvalue weighted by molar-refractivity contribution is 5.80. The highest BCUT2D eigenvalue weighted by Crippen LogP contribution is 2.09. The second kappa shape index (κ2) is 3.34. The fraction of sp³-hybridized carbons (Fsp3) is 0. The molecule has 0 amide bonds. The molecule has 5 heteroatoms. The largest absolute Gasteiger partial charge is 0.382 e.